The minimum absolute atomic E-state index is 0.0386. The normalized spacial score (nSPS) is 20.4. The Bertz CT molecular complexity index is 416. The number of halogens is 1. The second kappa shape index (κ2) is 5.10. The predicted molar refractivity (Wildman–Crippen MR) is 61.9 cm³/mol. The van der Waals surface area contributed by atoms with Gasteiger partial charge in [-0.15, -0.1) is 6.58 Å². The van der Waals surface area contributed by atoms with Crippen molar-refractivity contribution in [1.29, 1.82) is 0 Å². The Labute approximate surface area is 99.5 Å². The molecule has 4 heteroatoms. The lowest BCUT2D eigenvalue weighted by molar-refractivity contribution is -0.148. The fourth-order valence-corrected chi connectivity index (χ4v) is 1.83. The summed E-state index contributed by atoms with van der Waals surface area (Å²) in [4.78, 5) is 13.2. The lowest BCUT2D eigenvalue weighted by Crippen LogP contribution is -2.43. The number of hydrogen-bond donors (Lipinski definition) is 0. The quantitative estimate of drug-likeness (QED) is 0.749. The first-order valence-electron chi connectivity index (χ1n) is 5.46. The van der Waals surface area contributed by atoms with Crippen LogP contribution in [0.4, 0.5) is 4.39 Å². The molecule has 1 fully saturated rings. The van der Waals surface area contributed by atoms with Crippen molar-refractivity contribution < 1.29 is 13.9 Å². The van der Waals surface area contributed by atoms with Crippen molar-refractivity contribution >= 4 is 5.91 Å². The second-order valence-electron chi connectivity index (χ2n) is 3.94. The Morgan fingerprint density at radius 1 is 1.47 bits per heavy atom. The van der Waals surface area contributed by atoms with Gasteiger partial charge in [0.25, 0.3) is 0 Å². The third-order valence-electron chi connectivity index (χ3n) is 2.74. The van der Waals surface area contributed by atoms with Crippen LogP contribution in [0.2, 0.25) is 0 Å². The van der Waals surface area contributed by atoms with Crippen molar-refractivity contribution in [2.45, 2.75) is 6.10 Å². The van der Waals surface area contributed by atoms with Gasteiger partial charge in [-0.2, -0.15) is 0 Å². The Morgan fingerprint density at radius 2 is 2.18 bits per heavy atom. The highest BCUT2D eigenvalue weighted by Crippen LogP contribution is 2.22. The summed E-state index contributed by atoms with van der Waals surface area (Å²) in [6.07, 6.45) is 1.50. The molecule has 1 amide bonds. The molecule has 0 radical (unpaired) electrons. The van der Waals surface area contributed by atoms with E-state index in [1.165, 1.54) is 12.1 Å². The van der Waals surface area contributed by atoms with Gasteiger partial charge in [-0.3, -0.25) is 4.79 Å². The summed E-state index contributed by atoms with van der Waals surface area (Å²) >= 11 is 0. The van der Waals surface area contributed by atoms with Crippen LogP contribution in [0.3, 0.4) is 0 Å². The lowest BCUT2D eigenvalue weighted by atomic mass is 10.1. The van der Waals surface area contributed by atoms with E-state index in [1.807, 2.05) is 0 Å². The summed E-state index contributed by atoms with van der Waals surface area (Å²) in [5, 5.41) is 0. The maximum atomic E-state index is 12.8. The second-order valence-corrected chi connectivity index (χ2v) is 3.94. The summed E-state index contributed by atoms with van der Waals surface area (Å²) < 4.78 is 18.2. The number of carbonyl (C=O) groups excluding carboxylic acids is 1. The number of morpholine rings is 1. The molecule has 90 valence electrons. The van der Waals surface area contributed by atoms with Crippen molar-refractivity contribution in [3.05, 3.63) is 48.3 Å². The Kier molecular flexibility index (Phi) is 3.54. The van der Waals surface area contributed by atoms with E-state index in [-0.39, 0.29) is 24.4 Å². The van der Waals surface area contributed by atoms with Gasteiger partial charge in [-0.25, -0.2) is 4.39 Å². The van der Waals surface area contributed by atoms with Crippen LogP contribution < -0.4 is 0 Å². The molecular weight excluding hydrogens is 221 g/mol. The molecular formula is C13H14FNO2. The highest BCUT2D eigenvalue weighted by Gasteiger charge is 2.26. The molecule has 0 spiro atoms. The molecule has 1 aromatic rings. The first kappa shape index (κ1) is 11.8. The van der Waals surface area contributed by atoms with Crippen LogP contribution in [0.15, 0.2) is 36.9 Å². The molecule has 17 heavy (non-hydrogen) atoms. The zero-order chi connectivity index (χ0) is 12.3. The SMILES string of the molecule is C=CCN1C[C@@H](c2ccc(F)cc2)OCC1=O. The minimum Gasteiger partial charge on any atom is -0.362 e. The maximum Gasteiger partial charge on any atom is 0.248 e. The Hall–Kier alpha value is -1.68. The third-order valence-corrected chi connectivity index (χ3v) is 2.74. The van der Waals surface area contributed by atoms with E-state index in [9.17, 15) is 9.18 Å². The number of rotatable bonds is 3. The summed E-state index contributed by atoms with van der Waals surface area (Å²) in [6.45, 7) is 4.68. The van der Waals surface area contributed by atoms with Crippen molar-refractivity contribution in [1.82, 2.24) is 4.90 Å². The molecule has 0 aliphatic carbocycles. The van der Waals surface area contributed by atoms with Crippen molar-refractivity contribution in [2.75, 3.05) is 19.7 Å². The average Bonchev–Trinajstić information content (AvgIpc) is 2.33. The molecule has 0 bridgehead atoms. The van der Waals surface area contributed by atoms with Gasteiger partial charge in [-0.1, -0.05) is 18.2 Å². The van der Waals surface area contributed by atoms with Crippen LogP contribution in [-0.4, -0.2) is 30.5 Å². The van der Waals surface area contributed by atoms with E-state index in [0.29, 0.717) is 13.1 Å². The molecule has 0 N–H and O–H groups in total. The van der Waals surface area contributed by atoms with Gasteiger partial charge >= 0.3 is 0 Å². The number of carbonyl (C=O) groups is 1. The van der Waals surface area contributed by atoms with Gasteiger partial charge in [-0.05, 0) is 17.7 Å². The van der Waals surface area contributed by atoms with E-state index in [4.69, 9.17) is 4.74 Å². The van der Waals surface area contributed by atoms with E-state index in [0.717, 1.165) is 5.56 Å². The van der Waals surface area contributed by atoms with Crippen LogP contribution in [0.1, 0.15) is 11.7 Å². The summed E-state index contributed by atoms with van der Waals surface area (Å²) in [7, 11) is 0. The third kappa shape index (κ3) is 2.71. The molecule has 0 saturated carbocycles. The zero-order valence-corrected chi connectivity index (χ0v) is 9.43. The molecule has 1 saturated heterocycles. The van der Waals surface area contributed by atoms with Gasteiger partial charge in [0, 0.05) is 6.54 Å². The van der Waals surface area contributed by atoms with Crippen LogP contribution in [0, 0.1) is 5.82 Å². The first-order valence-corrected chi connectivity index (χ1v) is 5.46. The molecule has 3 nitrogen and oxygen atoms in total. The Morgan fingerprint density at radius 3 is 2.82 bits per heavy atom. The summed E-state index contributed by atoms with van der Waals surface area (Å²) in [5.74, 6) is -0.313. The number of nitrogens with zero attached hydrogens (tertiary/aromatic N) is 1. The number of hydrogen-bond acceptors (Lipinski definition) is 2. The average molecular weight is 235 g/mol. The van der Waals surface area contributed by atoms with Crippen LogP contribution in [-0.2, 0) is 9.53 Å². The maximum absolute atomic E-state index is 12.8. The summed E-state index contributed by atoms with van der Waals surface area (Å²) in [5.41, 5.74) is 0.882. The van der Waals surface area contributed by atoms with E-state index in [2.05, 4.69) is 6.58 Å². The fourth-order valence-electron chi connectivity index (χ4n) is 1.83. The van der Waals surface area contributed by atoms with Gasteiger partial charge < -0.3 is 9.64 Å². The van der Waals surface area contributed by atoms with E-state index >= 15 is 0 Å². The van der Waals surface area contributed by atoms with Crippen LogP contribution in [0.25, 0.3) is 0 Å². The van der Waals surface area contributed by atoms with Gasteiger partial charge in [0.15, 0.2) is 0 Å². The van der Waals surface area contributed by atoms with Crippen LogP contribution in [0.5, 0.6) is 0 Å². The number of ether oxygens (including phenoxy) is 1. The van der Waals surface area contributed by atoms with Gasteiger partial charge in [0.05, 0.1) is 6.54 Å². The molecule has 2 rings (SSSR count). The van der Waals surface area contributed by atoms with Gasteiger partial charge in [0.1, 0.15) is 18.5 Å². The van der Waals surface area contributed by atoms with E-state index in [1.54, 1.807) is 23.1 Å². The first-order chi connectivity index (χ1) is 8.20. The van der Waals surface area contributed by atoms with Crippen molar-refractivity contribution in [3.63, 3.8) is 0 Å². The molecule has 1 aliphatic rings. The molecule has 1 aliphatic heterocycles. The van der Waals surface area contributed by atoms with Crippen molar-refractivity contribution in [2.24, 2.45) is 0 Å². The largest absolute Gasteiger partial charge is 0.362 e. The molecule has 1 atom stereocenters. The Balaban J connectivity index is 2.09. The highest BCUT2D eigenvalue weighted by molar-refractivity contribution is 5.78. The van der Waals surface area contributed by atoms with E-state index < -0.39 is 0 Å². The van der Waals surface area contributed by atoms with Gasteiger partial charge in [0.2, 0.25) is 5.91 Å². The highest BCUT2D eigenvalue weighted by atomic mass is 19.1. The molecule has 0 aromatic heterocycles. The number of benzene rings is 1. The zero-order valence-electron chi connectivity index (χ0n) is 9.43. The molecule has 1 heterocycles. The van der Waals surface area contributed by atoms with Crippen molar-refractivity contribution in [3.8, 4) is 0 Å². The van der Waals surface area contributed by atoms with Crippen LogP contribution >= 0.6 is 0 Å². The smallest absolute Gasteiger partial charge is 0.248 e. The standard InChI is InChI=1S/C13H14FNO2/c1-2-7-15-8-12(17-9-13(15)16)10-3-5-11(14)6-4-10/h2-6,12H,1,7-9H2/t12-/m0/s1. The molecule has 1 aromatic carbocycles. The topological polar surface area (TPSA) is 29.5 Å². The molecule has 0 unspecified atom stereocenters. The predicted octanol–water partition coefficient (Wildman–Crippen LogP) is 1.91. The lowest BCUT2D eigenvalue weighted by Gasteiger charge is -2.32. The fraction of sp³-hybridized carbons (Fsp3) is 0.308. The minimum atomic E-state index is -0.274. The summed E-state index contributed by atoms with van der Waals surface area (Å²) in [6, 6.07) is 6.16. The monoisotopic (exact) mass is 235 g/mol. The number of amides is 1.